The number of hydrogen-bond donors (Lipinski definition) is 0. The number of rotatable bonds is 0. The zero-order valence-electron chi connectivity index (χ0n) is 7.49. The molecule has 3 heteroatoms. The Morgan fingerprint density at radius 1 is 1.38 bits per heavy atom. The van der Waals surface area contributed by atoms with Crippen molar-refractivity contribution in [2.24, 2.45) is 0 Å². The molecule has 3 nitrogen and oxygen atoms in total. The van der Waals surface area contributed by atoms with Gasteiger partial charge in [-0.1, -0.05) is 18.2 Å². The van der Waals surface area contributed by atoms with Gasteiger partial charge in [0.15, 0.2) is 0 Å². The Kier molecular flexibility index (Phi) is 2.02. The van der Waals surface area contributed by atoms with Crippen LogP contribution >= 0.6 is 0 Å². The minimum atomic E-state index is -0.254. The second kappa shape index (κ2) is 3.18. The first-order valence-electron chi connectivity index (χ1n) is 4.29. The van der Waals surface area contributed by atoms with Crippen LogP contribution in [0.1, 0.15) is 15.9 Å². The predicted molar refractivity (Wildman–Crippen MR) is 48.2 cm³/mol. The Balaban J connectivity index is 2.40. The van der Waals surface area contributed by atoms with Crippen molar-refractivity contribution in [1.29, 1.82) is 0 Å². The Bertz CT molecular complexity index is 335. The Labute approximate surface area is 76.9 Å². The second-order valence-electron chi connectivity index (χ2n) is 3.14. The molecule has 0 saturated carbocycles. The van der Waals surface area contributed by atoms with Gasteiger partial charge in [0.05, 0.1) is 5.56 Å². The summed E-state index contributed by atoms with van der Waals surface area (Å²) in [6.07, 6.45) is 0.860. The third kappa shape index (κ3) is 1.55. The summed E-state index contributed by atoms with van der Waals surface area (Å²) >= 11 is 0. The fourth-order valence-corrected chi connectivity index (χ4v) is 1.45. The summed E-state index contributed by atoms with van der Waals surface area (Å²) < 4.78 is 0. The van der Waals surface area contributed by atoms with E-state index in [4.69, 9.17) is 4.84 Å². The van der Waals surface area contributed by atoms with Crippen LogP contribution in [0, 0.1) is 0 Å². The summed E-state index contributed by atoms with van der Waals surface area (Å²) in [6, 6.07) is 7.56. The number of likely N-dealkylation sites (N-methyl/N-ethyl adjacent to an activating group) is 1. The molecular formula is C10H11NO2. The molecule has 1 aliphatic rings. The average Bonchev–Trinajstić information content (AvgIpc) is 2.27. The van der Waals surface area contributed by atoms with E-state index in [9.17, 15) is 4.79 Å². The molecule has 0 fully saturated rings. The van der Waals surface area contributed by atoms with Crippen LogP contribution in [-0.4, -0.2) is 24.6 Å². The van der Waals surface area contributed by atoms with Gasteiger partial charge in [0.2, 0.25) is 0 Å². The molecule has 1 aliphatic heterocycles. The lowest BCUT2D eigenvalue weighted by atomic mass is 10.1. The van der Waals surface area contributed by atoms with E-state index in [1.165, 1.54) is 0 Å². The van der Waals surface area contributed by atoms with Gasteiger partial charge in [0.1, 0.15) is 0 Å². The van der Waals surface area contributed by atoms with E-state index in [1.54, 1.807) is 18.2 Å². The first kappa shape index (κ1) is 8.26. The summed E-state index contributed by atoms with van der Waals surface area (Å²) in [6.45, 7) is 0.753. The summed E-state index contributed by atoms with van der Waals surface area (Å²) in [7, 11) is 1.77. The van der Waals surface area contributed by atoms with Crippen LogP contribution in [0.15, 0.2) is 24.3 Å². The second-order valence-corrected chi connectivity index (χ2v) is 3.14. The van der Waals surface area contributed by atoms with Crippen molar-refractivity contribution in [1.82, 2.24) is 5.06 Å². The van der Waals surface area contributed by atoms with E-state index >= 15 is 0 Å². The topological polar surface area (TPSA) is 29.5 Å². The molecule has 1 aromatic carbocycles. The van der Waals surface area contributed by atoms with Gasteiger partial charge in [-0.15, -0.1) is 5.06 Å². The van der Waals surface area contributed by atoms with E-state index in [-0.39, 0.29) is 5.97 Å². The molecule has 1 heterocycles. The summed E-state index contributed by atoms with van der Waals surface area (Å²) in [5.74, 6) is -0.254. The number of carbonyl (C=O) groups is 1. The van der Waals surface area contributed by atoms with Crippen molar-refractivity contribution in [3.63, 3.8) is 0 Å². The van der Waals surface area contributed by atoms with Crippen molar-refractivity contribution >= 4 is 5.97 Å². The number of hydrogen-bond acceptors (Lipinski definition) is 3. The number of carbonyl (C=O) groups excluding carboxylic acids is 1. The zero-order valence-corrected chi connectivity index (χ0v) is 7.49. The third-order valence-electron chi connectivity index (χ3n) is 2.17. The van der Waals surface area contributed by atoms with Gasteiger partial charge in [0, 0.05) is 13.6 Å². The fraction of sp³-hybridized carbons (Fsp3) is 0.300. The molecule has 0 aliphatic carbocycles. The van der Waals surface area contributed by atoms with Gasteiger partial charge in [-0.05, 0) is 18.1 Å². The highest BCUT2D eigenvalue weighted by Crippen LogP contribution is 2.15. The van der Waals surface area contributed by atoms with Crippen molar-refractivity contribution in [3.8, 4) is 0 Å². The van der Waals surface area contributed by atoms with Gasteiger partial charge in [-0.2, -0.15) is 0 Å². The Hall–Kier alpha value is -1.35. The van der Waals surface area contributed by atoms with Crippen molar-refractivity contribution in [2.75, 3.05) is 13.6 Å². The van der Waals surface area contributed by atoms with Crippen molar-refractivity contribution in [3.05, 3.63) is 35.4 Å². The molecule has 0 unspecified atom stereocenters. The lowest BCUT2D eigenvalue weighted by Gasteiger charge is -2.10. The normalized spacial score (nSPS) is 17.5. The van der Waals surface area contributed by atoms with Crippen LogP contribution < -0.4 is 0 Å². The van der Waals surface area contributed by atoms with Crippen molar-refractivity contribution < 1.29 is 9.63 Å². The first-order chi connectivity index (χ1) is 6.27. The molecule has 0 bridgehead atoms. The van der Waals surface area contributed by atoms with Gasteiger partial charge >= 0.3 is 5.97 Å². The maximum atomic E-state index is 11.5. The van der Waals surface area contributed by atoms with E-state index in [1.807, 2.05) is 18.2 Å². The summed E-state index contributed by atoms with van der Waals surface area (Å²) in [5.41, 5.74) is 1.75. The molecule has 1 aromatic rings. The molecule has 0 atom stereocenters. The van der Waals surface area contributed by atoms with E-state index < -0.39 is 0 Å². The van der Waals surface area contributed by atoms with E-state index in [0.29, 0.717) is 5.56 Å². The average molecular weight is 177 g/mol. The molecule has 0 aromatic heterocycles. The quantitative estimate of drug-likeness (QED) is 0.597. The molecule has 0 radical (unpaired) electrons. The number of nitrogens with zero attached hydrogens (tertiary/aromatic N) is 1. The Morgan fingerprint density at radius 3 is 3.00 bits per heavy atom. The highest BCUT2D eigenvalue weighted by Gasteiger charge is 2.18. The lowest BCUT2D eigenvalue weighted by molar-refractivity contribution is -0.0865. The van der Waals surface area contributed by atoms with Gasteiger partial charge in [0.25, 0.3) is 0 Å². The van der Waals surface area contributed by atoms with Crippen LogP contribution in [-0.2, 0) is 11.3 Å². The molecule has 2 rings (SSSR count). The molecule has 0 N–H and O–H groups in total. The number of fused-ring (bicyclic) bond motifs is 1. The minimum Gasteiger partial charge on any atom is -0.364 e. The van der Waals surface area contributed by atoms with Crippen LogP contribution in [0.4, 0.5) is 0 Å². The molecule has 68 valence electrons. The molecule has 0 spiro atoms. The van der Waals surface area contributed by atoms with Crippen LogP contribution in [0.3, 0.4) is 0 Å². The molecular weight excluding hydrogens is 166 g/mol. The Morgan fingerprint density at radius 2 is 2.15 bits per heavy atom. The maximum absolute atomic E-state index is 11.5. The summed E-state index contributed by atoms with van der Waals surface area (Å²) in [5, 5.41) is 1.57. The lowest BCUT2D eigenvalue weighted by Crippen LogP contribution is -2.21. The van der Waals surface area contributed by atoms with Crippen molar-refractivity contribution in [2.45, 2.75) is 6.42 Å². The minimum absolute atomic E-state index is 0.254. The molecule has 13 heavy (non-hydrogen) atoms. The zero-order chi connectivity index (χ0) is 9.26. The summed E-state index contributed by atoms with van der Waals surface area (Å²) in [4.78, 5) is 16.5. The third-order valence-corrected chi connectivity index (χ3v) is 2.17. The number of hydroxylamine groups is 2. The van der Waals surface area contributed by atoms with Gasteiger partial charge in [-0.25, -0.2) is 4.79 Å². The smallest absolute Gasteiger partial charge is 0.357 e. The maximum Gasteiger partial charge on any atom is 0.357 e. The highest BCUT2D eigenvalue weighted by atomic mass is 16.7. The molecule has 0 amide bonds. The van der Waals surface area contributed by atoms with Gasteiger partial charge in [-0.3, -0.25) is 0 Å². The monoisotopic (exact) mass is 177 g/mol. The van der Waals surface area contributed by atoms with E-state index in [2.05, 4.69) is 0 Å². The van der Waals surface area contributed by atoms with Crippen LogP contribution in [0.25, 0.3) is 0 Å². The predicted octanol–water partition coefficient (Wildman–Crippen LogP) is 1.25. The molecule has 0 saturated heterocycles. The first-order valence-corrected chi connectivity index (χ1v) is 4.29. The standard InChI is InChI=1S/C10H11NO2/c1-11-7-6-8-4-2-3-5-9(8)10(12)13-11/h2-5H,6-7H2,1H3. The largest absolute Gasteiger partial charge is 0.364 e. The fourth-order valence-electron chi connectivity index (χ4n) is 1.45. The van der Waals surface area contributed by atoms with Crippen LogP contribution in [0.5, 0.6) is 0 Å². The van der Waals surface area contributed by atoms with Crippen LogP contribution in [0.2, 0.25) is 0 Å². The van der Waals surface area contributed by atoms with E-state index in [0.717, 1.165) is 18.5 Å². The van der Waals surface area contributed by atoms with Gasteiger partial charge < -0.3 is 4.84 Å². The number of benzene rings is 1. The SMILES string of the molecule is CN1CCc2ccccc2C(=O)O1. The highest BCUT2D eigenvalue weighted by molar-refractivity contribution is 5.91.